The number of benzene rings is 1. The van der Waals surface area contributed by atoms with Gasteiger partial charge in [-0.05, 0) is 42.5 Å². The van der Waals surface area contributed by atoms with Crippen molar-refractivity contribution in [1.29, 1.82) is 0 Å². The van der Waals surface area contributed by atoms with Crippen molar-refractivity contribution in [2.75, 3.05) is 32.7 Å². The first-order chi connectivity index (χ1) is 14.2. The van der Waals surface area contributed by atoms with Gasteiger partial charge in [-0.1, -0.05) is 30.3 Å². The number of urea groups is 1. The van der Waals surface area contributed by atoms with E-state index in [-0.39, 0.29) is 18.5 Å². The average molecular weight is 395 g/mol. The molecule has 0 radical (unpaired) electrons. The Bertz CT molecular complexity index is 814. The van der Waals surface area contributed by atoms with Crippen LogP contribution in [0.1, 0.15) is 35.6 Å². The minimum Gasteiger partial charge on any atom is -0.390 e. The summed E-state index contributed by atoms with van der Waals surface area (Å²) in [5.74, 6) is 0.286. The number of nitrogens with one attached hydrogen (secondary N) is 1. The Balaban J connectivity index is 1.23. The molecule has 0 spiro atoms. The number of fused-ring (bicyclic) bond motifs is 1. The van der Waals surface area contributed by atoms with E-state index >= 15 is 0 Å². The van der Waals surface area contributed by atoms with Crippen molar-refractivity contribution in [1.82, 2.24) is 20.1 Å². The van der Waals surface area contributed by atoms with Crippen LogP contribution in [0.2, 0.25) is 0 Å². The minimum atomic E-state index is -0.569. The number of likely N-dealkylation sites (tertiary alicyclic amines) is 1. The Hall–Kier alpha value is -2.44. The Kier molecular flexibility index (Phi) is 6.42. The molecule has 1 saturated heterocycles. The molecule has 3 heterocycles. The molecule has 1 aromatic heterocycles. The zero-order valence-electron chi connectivity index (χ0n) is 16.8. The van der Waals surface area contributed by atoms with Gasteiger partial charge in [0.05, 0.1) is 6.10 Å². The summed E-state index contributed by atoms with van der Waals surface area (Å²) in [5, 5.41) is 13.4. The number of carbonyl (C=O) groups is 1. The molecule has 2 aliphatic heterocycles. The van der Waals surface area contributed by atoms with Crippen LogP contribution in [0.4, 0.5) is 4.79 Å². The number of aliphatic hydroxyl groups is 1. The number of hydrogen-bond donors (Lipinski definition) is 2. The minimum absolute atomic E-state index is 0.0892. The molecule has 0 bridgehead atoms. The number of β-amino-alcohol motifs (C(OH)–C–C–N with tert-alkyl or cyclic N) is 1. The Morgan fingerprint density at radius 1 is 1.17 bits per heavy atom. The summed E-state index contributed by atoms with van der Waals surface area (Å²) < 4.78 is 0. The summed E-state index contributed by atoms with van der Waals surface area (Å²) >= 11 is 0. The molecule has 2 atom stereocenters. The van der Waals surface area contributed by atoms with Crippen molar-refractivity contribution < 1.29 is 9.90 Å². The van der Waals surface area contributed by atoms with Gasteiger partial charge in [0.25, 0.3) is 0 Å². The Morgan fingerprint density at radius 3 is 2.83 bits per heavy atom. The van der Waals surface area contributed by atoms with E-state index in [1.807, 2.05) is 29.3 Å². The molecular formula is C23H30N4O2. The monoisotopic (exact) mass is 394 g/mol. The fraction of sp³-hybridized carbons (Fsp3) is 0.478. The number of amides is 2. The summed E-state index contributed by atoms with van der Waals surface area (Å²) in [5.41, 5.74) is 3.79. The van der Waals surface area contributed by atoms with E-state index in [0.29, 0.717) is 13.1 Å². The van der Waals surface area contributed by atoms with Crippen molar-refractivity contribution in [2.45, 2.75) is 37.8 Å². The van der Waals surface area contributed by atoms with E-state index in [0.717, 1.165) is 44.6 Å². The fourth-order valence-electron chi connectivity index (χ4n) is 4.41. The number of nitrogens with zero attached hydrogens (tertiary/aromatic N) is 3. The van der Waals surface area contributed by atoms with Crippen LogP contribution in [0.15, 0.2) is 48.7 Å². The Morgan fingerprint density at radius 2 is 2.00 bits per heavy atom. The summed E-state index contributed by atoms with van der Waals surface area (Å²) in [6.45, 7) is 4.10. The van der Waals surface area contributed by atoms with Crippen LogP contribution >= 0.6 is 0 Å². The van der Waals surface area contributed by atoms with Gasteiger partial charge >= 0.3 is 6.03 Å². The van der Waals surface area contributed by atoms with Crippen molar-refractivity contribution in [2.24, 2.45) is 0 Å². The van der Waals surface area contributed by atoms with Crippen LogP contribution < -0.4 is 5.32 Å². The first-order valence-corrected chi connectivity index (χ1v) is 10.6. The van der Waals surface area contributed by atoms with E-state index in [1.165, 1.54) is 11.1 Å². The summed E-state index contributed by atoms with van der Waals surface area (Å²) in [4.78, 5) is 21.2. The third-order valence-electron chi connectivity index (χ3n) is 5.98. The number of aromatic nitrogens is 1. The highest BCUT2D eigenvalue weighted by Gasteiger charge is 2.26. The lowest BCUT2D eigenvalue weighted by Crippen LogP contribution is -2.48. The Labute approximate surface area is 172 Å². The number of hydrogen-bond acceptors (Lipinski definition) is 4. The summed E-state index contributed by atoms with van der Waals surface area (Å²) in [7, 11) is 0. The molecule has 6 nitrogen and oxygen atoms in total. The molecule has 29 heavy (non-hydrogen) atoms. The SMILES string of the molecule is O=C(NCC(O)CN1CCc2ccccc2C1)N1CCC[C@@H](c2ccccn2)C1. The first-order valence-electron chi connectivity index (χ1n) is 10.6. The number of pyridine rings is 1. The zero-order chi connectivity index (χ0) is 20.1. The molecule has 4 rings (SSSR count). The van der Waals surface area contributed by atoms with E-state index in [1.54, 1.807) is 0 Å². The third kappa shape index (κ3) is 5.14. The van der Waals surface area contributed by atoms with E-state index in [4.69, 9.17) is 0 Å². The lowest BCUT2D eigenvalue weighted by atomic mass is 9.94. The smallest absolute Gasteiger partial charge is 0.317 e. The van der Waals surface area contributed by atoms with Gasteiger partial charge in [-0.15, -0.1) is 0 Å². The third-order valence-corrected chi connectivity index (χ3v) is 5.98. The molecule has 1 fully saturated rings. The molecule has 2 aromatic rings. The lowest BCUT2D eigenvalue weighted by molar-refractivity contribution is 0.102. The maximum Gasteiger partial charge on any atom is 0.317 e. The van der Waals surface area contributed by atoms with Crippen LogP contribution in [-0.2, 0) is 13.0 Å². The van der Waals surface area contributed by atoms with Crippen LogP contribution in [-0.4, -0.2) is 64.7 Å². The van der Waals surface area contributed by atoms with Crippen molar-refractivity contribution in [3.63, 3.8) is 0 Å². The maximum absolute atomic E-state index is 12.6. The molecule has 6 heteroatoms. The van der Waals surface area contributed by atoms with Crippen LogP contribution in [0.5, 0.6) is 0 Å². The number of rotatable bonds is 5. The predicted molar refractivity (Wildman–Crippen MR) is 113 cm³/mol. The highest BCUT2D eigenvalue weighted by Crippen LogP contribution is 2.25. The van der Waals surface area contributed by atoms with Gasteiger partial charge in [0.1, 0.15) is 0 Å². The largest absolute Gasteiger partial charge is 0.390 e. The van der Waals surface area contributed by atoms with Gasteiger partial charge in [-0.25, -0.2) is 4.79 Å². The van der Waals surface area contributed by atoms with E-state index in [9.17, 15) is 9.90 Å². The average Bonchev–Trinajstić information content (AvgIpc) is 2.78. The van der Waals surface area contributed by atoms with Crippen LogP contribution in [0.3, 0.4) is 0 Å². The van der Waals surface area contributed by atoms with Crippen LogP contribution in [0, 0.1) is 0 Å². The summed E-state index contributed by atoms with van der Waals surface area (Å²) in [6.07, 6.45) is 4.28. The van der Waals surface area contributed by atoms with E-state index < -0.39 is 6.10 Å². The van der Waals surface area contributed by atoms with Gasteiger partial charge in [0.15, 0.2) is 0 Å². The fourth-order valence-corrected chi connectivity index (χ4v) is 4.41. The molecule has 1 unspecified atom stereocenters. The molecule has 0 saturated carbocycles. The standard InChI is InChI=1S/C23H30N4O2/c28-21(17-26-13-10-18-6-1-2-7-19(18)15-26)14-25-23(29)27-12-5-8-20(16-27)22-9-3-4-11-24-22/h1-4,6-7,9,11,20-21,28H,5,8,10,12-17H2,(H,25,29)/t20-,21?/m1/s1. The number of carbonyl (C=O) groups excluding carboxylic acids is 1. The highest BCUT2D eigenvalue weighted by atomic mass is 16.3. The molecule has 2 aliphatic rings. The maximum atomic E-state index is 12.6. The van der Waals surface area contributed by atoms with Gasteiger partial charge in [-0.2, -0.15) is 0 Å². The molecule has 0 aliphatic carbocycles. The zero-order valence-corrected chi connectivity index (χ0v) is 16.8. The number of piperidine rings is 1. The second kappa shape index (κ2) is 9.37. The quantitative estimate of drug-likeness (QED) is 0.817. The van der Waals surface area contributed by atoms with E-state index in [2.05, 4.69) is 39.5 Å². The van der Waals surface area contributed by atoms with Crippen LogP contribution in [0.25, 0.3) is 0 Å². The molecular weight excluding hydrogens is 364 g/mol. The second-order valence-corrected chi connectivity index (χ2v) is 8.13. The topological polar surface area (TPSA) is 68.7 Å². The van der Waals surface area contributed by atoms with Crippen molar-refractivity contribution >= 4 is 6.03 Å². The molecule has 154 valence electrons. The summed E-state index contributed by atoms with van der Waals surface area (Å²) in [6, 6.07) is 14.3. The van der Waals surface area contributed by atoms with Crippen molar-refractivity contribution in [3.05, 3.63) is 65.5 Å². The predicted octanol–water partition coefficient (Wildman–Crippen LogP) is 2.39. The second-order valence-electron chi connectivity index (χ2n) is 8.13. The lowest BCUT2D eigenvalue weighted by Gasteiger charge is -2.33. The van der Waals surface area contributed by atoms with Gasteiger partial charge in [0.2, 0.25) is 0 Å². The molecule has 2 N–H and O–H groups in total. The normalized spacial score (nSPS) is 20.7. The molecule has 2 amide bonds. The number of aliphatic hydroxyl groups excluding tert-OH is 1. The molecule has 1 aromatic carbocycles. The van der Waals surface area contributed by atoms with Gasteiger partial charge in [0, 0.05) is 57.1 Å². The van der Waals surface area contributed by atoms with Gasteiger partial charge < -0.3 is 15.3 Å². The first kappa shape index (κ1) is 19.9. The van der Waals surface area contributed by atoms with Crippen molar-refractivity contribution in [3.8, 4) is 0 Å². The highest BCUT2D eigenvalue weighted by molar-refractivity contribution is 5.74. The van der Waals surface area contributed by atoms with Gasteiger partial charge in [-0.3, -0.25) is 9.88 Å².